The van der Waals surface area contributed by atoms with Crippen molar-refractivity contribution < 1.29 is 9.59 Å². The summed E-state index contributed by atoms with van der Waals surface area (Å²) in [5.74, 6) is 1.17. The molecule has 0 saturated heterocycles. The third kappa shape index (κ3) is 7.40. The molecule has 5 heteroatoms. The Balaban J connectivity index is 1.61. The molecule has 1 fully saturated rings. The fourth-order valence-electron chi connectivity index (χ4n) is 4.45. The van der Waals surface area contributed by atoms with Crippen molar-refractivity contribution >= 4 is 23.6 Å². The minimum Gasteiger partial charge on any atom is -0.352 e. The van der Waals surface area contributed by atoms with Gasteiger partial charge in [-0.2, -0.15) is 0 Å². The van der Waals surface area contributed by atoms with Crippen molar-refractivity contribution in [1.29, 1.82) is 0 Å². The molecule has 0 aromatic heterocycles. The van der Waals surface area contributed by atoms with Gasteiger partial charge in [0.2, 0.25) is 11.8 Å². The molecular weight excluding hydrogens is 416 g/mol. The smallest absolute Gasteiger partial charge is 0.242 e. The van der Waals surface area contributed by atoms with Crippen LogP contribution in [0, 0.1) is 13.8 Å². The summed E-state index contributed by atoms with van der Waals surface area (Å²) < 4.78 is 0. The zero-order valence-corrected chi connectivity index (χ0v) is 20.4. The monoisotopic (exact) mass is 452 g/mol. The van der Waals surface area contributed by atoms with Gasteiger partial charge in [-0.1, -0.05) is 72.5 Å². The first-order valence-corrected chi connectivity index (χ1v) is 12.9. The van der Waals surface area contributed by atoms with E-state index in [1.54, 1.807) is 16.7 Å². The van der Waals surface area contributed by atoms with E-state index >= 15 is 0 Å². The zero-order valence-electron chi connectivity index (χ0n) is 19.6. The molecule has 1 aliphatic rings. The number of hydrogen-bond acceptors (Lipinski definition) is 3. The number of amides is 2. The van der Waals surface area contributed by atoms with Crippen LogP contribution in [-0.2, 0) is 21.8 Å². The molecular formula is C27H36N2O2S. The van der Waals surface area contributed by atoms with Crippen LogP contribution in [0.3, 0.4) is 0 Å². The van der Waals surface area contributed by atoms with Gasteiger partial charge in [-0.15, -0.1) is 11.8 Å². The van der Waals surface area contributed by atoms with E-state index in [0.29, 0.717) is 12.3 Å². The van der Waals surface area contributed by atoms with Crippen molar-refractivity contribution in [2.75, 3.05) is 12.3 Å². The normalized spacial score (nSPS) is 14.8. The van der Waals surface area contributed by atoms with Crippen molar-refractivity contribution in [1.82, 2.24) is 10.2 Å². The van der Waals surface area contributed by atoms with Gasteiger partial charge in [-0.25, -0.2) is 0 Å². The Labute approximate surface area is 197 Å². The molecule has 32 heavy (non-hydrogen) atoms. The zero-order chi connectivity index (χ0) is 22.9. The minimum absolute atomic E-state index is 0.0300. The molecule has 0 heterocycles. The fourth-order valence-corrected chi connectivity index (χ4v) is 5.30. The Morgan fingerprint density at radius 2 is 1.69 bits per heavy atom. The highest BCUT2D eigenvalue weighted by atomic mass is 32.2. The van der Waals surface area contributed by atoms with Crippen molar-refractivity contribution in [3.63, 3.8) is 0 Å². The molecule has 4 nitrogen and oxygen atoms in total. The molecule has 1 saturated carbocycles. The van der Waals surface area contributed by atoms with E-state index in [4.69, 9.17) is 0 Å². The lowest BCUT2D eigenvalue weighted by Crippen LogP contribution is -2.51. The predicted molar refractivity (Wildman–Crippen MR) is 134 cm³/mol. The SMILES string of the molecule is Cc1cc(C)cc(CSCC(=O)N(CCc2ccccc2)[C@H](C)C(=O)NC2CCCC2)c1. The number of thioether (sulfide) groups is 1. The molecule has 0 spiro atoms. The van der Waals surface area contributed by atoms with E-state index in [2.05, 4.69) is 49.5 Å². The molecule has 172 valence electrons. The number of nitrogens with one attached hydrogen (secondary N) is 1. The topological polar surface area (TPSA) is 49.4 Å². The predicted octanol–water partition coefficient (Wildman–Crippen LogP) is 5.06. The second kappa shape index (κ2) is 12.1. The Bertz CT molecular complexity index is 874. The molecule has 0 bridgehead atoms. The molecule has 0 radical (unpaired) electrons. The summed E-state index contributed by atoms with van der Waals surface area (Å²) in [6.45, 7) is 6.61. The first kappa shape index (κ1) is 24.4. The van der Waals surface area contributed by atoms with Crippen LogP contribution in [0.25, 0.3) is 0 Å². The summed E-state index contributed by atoms with van der Waals surface area (Å²) in [7, 11) is 0. The van der Waals surface area contributed by atoms with Crippen molar-refractivity contribution in [3.8, 4) is 0 Å². The Hall–Kier alpha value is -2.27. The van der Waals surface area contributed by atoms with Gasteiger partial charge in [0.05, 0.1) is 5.75 Å². The minimum atomic E-state index is -0.464. The lowest BCUT2D eigenvalue weighted by Gasteiger charge is -2.29. The fraction of sp³-hybridized carbons (Fsp3) is 0.481. The summed E-state index contributed by atoms with van der Waals surface area (Å²) in [6.07, 6.45) is 5.18. The van der Waals surface area contributed by atoms with Crippen LogP contribution in [-0.4, -0.2) is 41.1 Å². The Kier molecular flexibility index (Phi) is 9.22. The van der Waals surface area contributed by atoms with Gasteiger partial charge >= 0.3 is 0 Å². The third-order valence-electron chi connectivity index (χ3n) is 6.13. The largest absolute Gasteiger partial charge is 0.352 e. The van der Waals surface area contributed by atoms with Crippen LogP contribution in [0.15, 0.2) is 48.5 Å². The summed E-state index contributed by atoms with van der Waals surface area (Å²) >= 11 is 1.62. The standard InChI is InChI=1S/C27H36N2O2S/c1-20-15-21(2)17-24(16-20)18-32-19-26(30)29(14-13-23-9-5-4-6-10-23)22(3)27(31)28-25-11-7-8-12-25/h4-6,9-10,15-17,22,25H,7-8,11-14,18-19H2,1-3H3,(H,28,31)/t22-/m1/s1. The summed E-state index contributed by atoms with van der Waals surface area (Å²) in [4.78, 5) is 27.9. The van der Waals surface area contributed by atoms with Crippen LogP contribution in [0.2, 0.25) is 0 Å². The Morgan fingerprint density at radius 1 is 1.03 bits per heavy atom. The summed E-state index contributed by atoms with van der Waals surface area (Å²) in [6, 6.07) is 16.5. The van der Waals surface area contributed by atoms with Gasteiger partial charge in [0.1, 0.15) is 6.04 Å². The third-order valence-corrected chi connectivity index (χ3v) is 7.12. The number of hydrogen-bond donors (Lipinski definition) is 1. The molecule has 3 rings (SSSR count). The number of nitrogens with zero attached hydrogens (tertiary/aromatic N) is 1. The van der Waals surface area contributed by atoms with Gasteiger partial charge in [0, 0.05) is 18.3 Å². The molecule has 1 aliphatic carbocycles. The molecule has 2 amide bonds. The second-order valence-electron chi connectivity index (χ2n) is 8.98. The van der Waals surface area contributed by atoms with Crippen LogP contribution in [0.1, 0.15) is 54.9 Å². The molecule has 1 atom stereocenters. The van der Waals surface area contributed by atoms with Gasteiger partial charge in [-0.3, -0.25) is 9.59 Å². The van der Waals surface area contributed by atoms with Crippen molar-refractivity contribution in [2.45, 2.75) is 70.7 Å². The molecule has 0 unspecified atom stereocenters. The molecule has 2 aromatic rings. The first-order chi connectivity index (χ1) is 15.4. The lowest BCUT2D eigenvalue weighted by atomic mass is 10.1. The van der Waals surface area contributed by atoms with Crippen molar-refractivity contribution in [3.05, 3.63) is 70.8 Å². The first-order valence-electron chi connectivity index (χ1n) is 11.7. The van der Waals surface area contributed by atoms with E-state index in [1.807, 2.05) is 25.1 Å². The van der Waals surface area contributed by atoms with E-state index in [9.17, 15) is 9.59 Å². The summed E-state index contributed by atoms with van der Waals surface area (Å²) in [5, 5.41) is 3.17. The van der Waals surface area contributed by atoms with E-state index in [1.165, 1.54) is 35.1 Å². The maximum absolute atomic E-state index is 13.2. The van der Waals surface area contributed by atoms with E-state index in [0.717, 1.165) is 25.0 Å². The lowest BCUT2D eigenvalue weighted by molar-refractivity contribution is -0.138. The van der Waals surface area contributed by atoms with E-state index < -0.39 is 6.04 Å². The average Bonchev–Trinajstić information content (AvgIpc) is 3.27. The molecule has 2 aromatic carbocycles. The molecule has 0 aliphatic heterocycles. The van der Waals surface area contributed by atoms with Crippen LogP contribution < -0.4 is 5.32 Å². The maximum Gasteiger partial charge on any atom is 0.242 e. The Morgan fingerprint density at radius 3 is 2.34 bits per heavy atom. The van der Waals surface area contributed by atoms with Gasteiger partial charge in [0.15, 0.2) is 0 Å². The second-order valence-corrected chi connectivity index (χ2v) is 9.96. The highest BCUT2D eigenvalue weighted by Crippen LogP contribution is 2.19. The van der Waals surface area contributed by atoms with Crippen molar-refractivity contribution in [2.24, 2.45) is 0 Å². The van der Waals surface area contributed by atoms with Gasteiger partial charge < -0.3 is 10.2 Å². The van der Waals surface area contributed by atoms with Gasteiger partial charge in [0.25, 0.3) is 0 Å². The number of benzene rings is 2. The molecule has 1 N–H and O–H groups in total. The van der Waals surface area contributed by atoms with Crippen LogP contribution in [0.4, 0.5) is 0 Å². The number of rotatable bonds is 10. The van der Waals surface area contributed by atoms with Crippen LogP contribution >= 0.6 is 11.8 Å². The highest BCUT2D eigenvalue weighted by molar-refractivity contribution is 7.99. The maximum atomic E-state index is 13.2. The quantitative estimate of drug-likeness (QED) is 0.548. The van der Waals surface area contributed by atoms with Gasteiger partial charge in [-0.05, 0) is 51.2 Å². The summed E-state index contributed by atoms with van der Waals surface area (Å²) in [5.41, 5.74) is 4.90. The number of carbonyl (C=O) groups excluding carboxylic acids is 2. The van der Waals surface area contributed by atoms with E-state index in [-0.39, 0.29) is 17.9 Å². The number of aryl methyl sites for hydroxylation is 2. The highest BCUT2D eigenvalue weighted by Gasteiger charge is 2.28. The average molecular weight is 453 g/mol. The number of carbonyl (C=O) groups is 2. The van der Waals surface area contributed by atoms with Crippen LogP contribution in [0.5, 0.6) is 0 Å².